The number of methoxy groups -OCH3 is 1. The summed E-state index contributed by atoms with van der Waals surface area (Å²) in [7, 11) is 1.60. The standard InChI is InChI=1S/C11H17ClN4O/c1-3-14-11(16-13)15-7-8-9(12)5-4-6-10(8)17-2/h4-6H,3,7,13H2,1-2H3,(H2,14,15,16). The van der Waals surface area contributed by atoms with E-state index in [1.807, 2.05) is 19.1 Å². The zero-order valence-electron chi connectivity index (χ0n) is 9.96. The number of hydrogen-bond acceptors (Lipinski definition) is 3. The molecule has 0 fully saturated rings. The number of aliphatic imine (C=N–C) groups is 1. The molecule has 4 N–H and O–H groups in total. The first-order valence-corrected chi connectivity index (χ1v) is 5.67. The van der Waals surface area contributed by atoms with Gasteiger partial charge in [-0.3, -0.25) is 5.43 Å². The molecule has 0 atom stereocenters. The Bertz CT molecular complexity index is 395. The molecule has 0 aliphatic rings. The molecule has 1 aromatic rings. The van der Waals surface area contributed by atoms with Crippen LogP contribution in [0, 0.1) is 0 Å². The van der Waals surface area contributed by atoms with Gasteiger partial charge in [-0.05, 0) is 19.1 Å². The molecule has 0 aliphatic heterocycles. The van der Waals surface area contributed by atoms with E-state index in [0.717, 1.165) is 12.1 Å². The third kappa shape index (κ3) is 3.80. The van der Waals surface area contributed by atoms with Crippen LogP contribution in [0.25, 0.3) is 0 Å². The summed E-state index contributed by atoms with van der Waals surface area (Å²) < 4.78 is 5.23. The van der Waals surface area contributed by atoms with E-state index in [4.69, 9.17) is 22.2 Å². The van der Waals surface area contributed by atoms with Crippen molar-refractivity contribution in [3.8, 4) is 5.75 Å². The first-order chi connectivity index (χ1) is 8.22. The van der Waals surface area contributed by atoms with E-state index in [-0.39, 0.29) is 0 Å². The third-order valence-corrected chi connectivity index (χ3v) is 2.53. The number of rotatable bonds is 4. The molecule has 0 radical (unpaired) electrons. The molecule has 1 aromatic carbocycles. The molecule has 17 heavy (non-hydrogen) atoms. The molecule has 0 saturated carbocycles. The average molecular weight is 257 g/mol. The first-order valence-electron chi connectivity index (χ1n) is 5.29. The van der Waals surface area contributed by atoms with Crippen LogP contribution in [0.5, 0.6) is 5.75 Å². The lowest BCUT2D eigenvalue weighted by Crippen LogP contribution is -2.41. The Morgan fingerprint density at radius 2 is 2.29 bits per heavy atom. The minimum Gasteiger partial charge on any atom is -0.496 e. The van der Waals surface area contributed by atoms with Crippen molar-refractivity contribution >= 4 is 17.6 Å². The summed E-state index contributed by atoms with van der Waals surface area (Å²) in [4.78, 5) is 4.28. The van der Waals surface area contributed by atoms with E-state index in [2.05, 4.69) is 15.7 Å². The molecule has 0 amide bonds. The Hall–Kier alpha value is -1.46. The van der Waals surface area contributed by atoms with Crippen LogP contribution in [0.2, 0.25) is 5.02 Å². The molecule has 0 saturated heterocycles. The summed E-state index contributed by atoms with van der Waals surface area (Å²) in [5, 5.41) is 3.62. The highest BCUT2D eigenvalue weighted by atomic mass is 35.5. The number of nitrogens with zero attached hydrogens (tertiary/aromatic N) is 1. The van der Waals surface area contributed by atoms with Crippen molar-refractivity contribution in [2.75, 3.05) is 13.7 Å². The van der Waals surface area contributed by atoms with Crippen molar-refractivity contribution in [2.45, 2.75) is 13.5 Å². The number of guanidine groups is 1. The van der Waals surface area contributed by atoms with Crippen molar-refractivity contribution in [3.05, 3.63) is 28.8 Å². The normalized spacial score (nSPS) is 11.2. The molecule has 0 spiro atoms. The molecule has 1 rings (SSSR count). The van der Waals surface area contributed by atoms with Crippen LogP contribution in [0.3, 0.4) is 0 Å². The van der Waals surface area contributed by atoms with Crippen molar-refractivity contribution in [2.24, 2.45) is 10.8 Å². The number of hydrogen-bond donors (Lipinski definition) is 3. The Morgan fingerprint density at radius 1 is 1.53 bits per heavy atom. The molecule has 6 heteroatoms. The zero-order chi connectivity index (χ0) is 12.7. The van der Waals surface area contributed by atoms with Crippen LogP contribution in [0.15, 0.2) is 23.2 Å². The second kappa shape index (κ2) is 6.98. The number of benzene rings is 1. The van der Waals surface area contributed by atoms with Gasteiger partial charge in [0.15, 0.2) is 0 Å². The van der Waals surface area contributed by atoms with Gasteiger partial charge in [-0.25, -0.2) is 10.8 Å². The summed E-state index contributed by atoms with van der Waals surface area (Å²) in [6, 6.07) is 5.48. The van der Waals surface area contributed by atoms with Crippen LogP contribution in [0.1, 0.15) is 12.5 Å². The maximum Gasteiger partial charge on any atom is 0.206 e. The number of nitrogens with one attached hydrogen (secondary N) is 2. The van der Waals surface area contributed by atoms with Crippen molar-refractivity contribution < 1.29 is 4.74 Å². The van der Waals surface area contributed by atoms with Crippen LogP contribution >= 0.6 is 11.6 Å². The van der Waals surface area contributed by atoms with Crippen molar-refractivity contribution in [1.29, 1.82) is 0 Å². The lowest BCUT2D eigenvalue weighted by molar-refractivity contribution is 0.410. The lowest BCUT2D eigenvalue weighted by Gasteiger charge is -2.10. The molecular formula is C11H17ClN4O. The second-order valence-corrected chi connectivity index (χ2v) is 3.67. The number of nitrogens with two attached hydrogens (primary N) is 1. The highest BCUT2D eigenvalue weighted by Crippen LogP contribution is 2.26. The molecule has 94 valence electrons. The SMILES string of the molecule is CCNC(=NCc1c(Cl)cccc1OC)NN. The molecule has 0 heterocycles. The van der Waals surface area contributed by atoms with Gasteiger partial charge in [-0.15, -0.1) is 0 Å². The zero-order valence-corrected chi connectivity index (χ0v) is 10.7. The fraction of sp³-hybridized carbons (Fsp3) is 0.364. The Labute approximate surface area is 106 Å². The molecule has 0 unspecified atom stereocenters. The molecule has 0 aliphatic carbocycles. The summed E-state index contributed by atoms with van der Waals surface area (Å²) in [5.41, 5.74) is 3.32. The second-order valence-electron chi connectivity index (χ2n) is 3.26. The Balaban J connectivity index is 2.87. The van der Waals surface area contributed by atoms with E-state index in [1.165, 1.54) is 0 Å². The minimum absolute atomic E-state index is 0.398. The number of ether oxygens (including phenoxy) is 1. The molecule has 0 aromatic heterocycles. The summed E-state index contributed by atoms with van der Waals surface area (Å²) in [5.74, 6) is 6.56. The van der Waals surface area contributed by atoms with Crippen LogP contribution in [-0.4, -0.2) is 19.6 Å². The highest BCUT2D eigenvalue weighted by Gasteiger charge is 2.06. The third-order valence-electron chi connectivity index (χ3n) is 2.17. The largest absolute Gasteiger partial charge is 0.496 e. The highest BCUT2D eigenvalue weighted by molar-refractivity contribution is 6.31. The van der Waals surface area contributed by atoms with Crippen LogP contribution in [0.4, 0.5) is 0 Å². The Morgan fingerprint density at radius 3 is 2.88 bits per heavy atom. The minimum atomic E-state index is 0.398. The number of hydrazine groups is 1. The van der Waals surface area contributed by atoms with Crippen molar-refractivity contribution in [3.63, 3.8) is 0 Å². The molecule has 5 nitrogen and oxygen atoms in total. The quantitative estimate of drug-likeness (QED) is 0.328. The van der Waals surface area contributed by atoms with Gasteiger partial charge in [0.2, 0.25) is 5.96 Å². The van der Waals surface area contributed by atoms with Gasteiger partial charge in [-0.2, -0.15) is 0 Å². The van der Waals surface area contributed by atoms with E-state index in [9.17, 15) is 0 Å². The lowest BCUT2D eigenvalue weighted by atomic mass is 10.2. The van der Waals surface area contributed by atoms with Crippen molar-refractivity contribution in [1.82, 2.24) is 10.7 Å². The van der Waals surface area contributed by atoms with Gasteiger partial charge in [0.25, 0.3) is 0 Å². The maximum atomic E-state index is 6.09. The Kier molecular flexibility index (Phi) is 5.59. The number of halogens is 1. The van der Waals surface area contributed by atoms with E-state index >= 15 is 0 Å². The fourth-order valence-corrected chi connectivity index (χ4v) is 1.59. The summed E-state index contributed by atoms with van der Waals surface area (Å²) in [6.45, 7) is 3.10. The van der Waals surface area contributed by atoms with Gasteiger partial charge >= 0.3 is 0 Å². The predicted octanol–water partition coefficient (Wildman–Crippen LogP) is 1.28. The molecular weight excluding hydrogens is 240 g/mol. The van der Waals surface area contributed by atoms with E-state index < -0.39 is 0 Å². The smallest absolute Gasteiger partial charge is 0.206 e. The van der Waals surface area contributed by atoms with E-state index in [1.54, 1.807) is 13.2 Å². The monoisotopic (exact) mass is 256 g/mol. The molecule has 0 bridgehead atoms. The average Bonchev–Trinajstić information content (AvgIpc) is 2.35. The summed E-state index contributed by atoms with van der Waals surface area (Å²) >= 11 is 6.09. The topological polar surface area (TPSA) is 71.7 Å². The predicted molar refractivity (Wildman–Crippen MR) is 70.1 cm³/mol. The fourth-order valence-electron chi connectivity index (χ4n) is 1.36. The van der Waals surface area contributed by atoms with Crippen LogP contribution in [-0.2, 0) is 6.54 Å². The van der Waals surface area contributed by atoms with Crippen LogP contribution < -0.4 is 21.3 Å². The van der Waals surface area contributed by atoms with Gasteiger partial charge in [0, 0.05) is 17.1 Å². The maximum absolute atomic E-state index is 6.09. The first kappa shape index (κ1) is 13.6. The van der Waals surface area contributed by atoms with Gasteiger partial charge < -0.3 is 10.1 Å². The van der Waals surface area contributed by atoms with E-state index in [0.29, 0.717) is 23.3 Å². The summed E-state index contributed by atoms with van der Waals surface area (Å²) in [6.07, 6.45) is 0. The van der Waals surface area contributed by atoms with Gasteiger partial charge in [-0.1, -0.05) is 17.7 Å². The van der Waals surface area contributed by atoms with Gasteiger partial charge in [0.05, 0.1) is 13.7 Å². The van der Waals surface area contributed by atoms with Gasteiger partial charge in [0.1, 0.15) is 5.75 Å².